The molecule has 24 heavy (non-hydrogen) atoms. The minimum absolute atomic E-state index is 0.226. The number of hydrogen-bond acceptors (Lipinski definition) is 4. The van der Waals surface area contributed by atoms with Gasteiger partial charge >= 0.3 is 0 Å². The number of halogens is 1. The maximum Gasteiger partial charge on any atom is 0.270 e. The molecule has 3 aromatic rings. The highest BCUT2D eigenvalue weighted by atomic mass is 79.9. The van der Waals surface area contributed by atoms with Gasteiger partial charge in [0.15, 0.2) is 0 Å². The number of benzene rings is 1. The highest BCUT2D eigenvalue weighted by Crippen LogP contribution is 2.18. The summed E-state index contributed by atoms with van der Waals surface area (Å²) in [7, 11) is 0. The van der Waals surface area contributed by atoms with Crippen LogP contribution in [-0.4, -0.2) is 15.9 Å². The lowest BCUT2D eigenvalue weighted by Gasteiger charge is -2.07. The molecule has 3 rings (SSSR count). The number of nitrogens with one attached hydrogen (secondary N) is 2. The smallest absolute Gasteiger partial charge is 0.270 e. The molecule has 0 atom stereocenters. The second-order valence-electron chi connectivity index (χ2n) is 5.07. The number of nitrogens with zero attached hydrogens (tertiary/aromatic N) is 2. The van der Waals surface area contributed by atoms with Crippen LogP contribution in [0, 0.1) is 0 Å². The monoisotopic (exact) mass is 382 g/mol. The van der Waals surface area contributed by atoms with E-state index in [-0.39, 0.29) is 5.91 Å². The summed E-state index contributed by atoms with van der Waals surface area (Å²) in [6, 6.07) is 16.9. The summed E-state index contributed by atoms with van der Waals surface area (Å²) in [4.78, 5) is 20.5. The zero-order valence-electron chi connectivity index (χ0n) is 12.7. The van der Waals surface area contributed by atoms with Crippen LogP contribution < -0.4 is 10.6 Å². The summed E-state index contributed by atoms with van der Waals surface area (Å²) < 4.78 is 1.02. The summed E-state index contributed by atoms with van der Waals surface area (Å²) >= 11 is 3.40. The van der Waals surface area contributed by atoms with Crippen molar-refractivity contribution in [3.05, 3.63) is 82.9 Å². The number of anilines is 2. The predicted octanol–water partition coefficient (Wildman–Crippen LogP) is 3.91. The van der Waals surface area contributed by atoms with Gasteiger partial charge in [-0.3, -0.25) is 9.78 Å². The van der Waals surface area contributed by atoms with E-state index in [9.17, 15) is 4.79 Å². The van der Waals surface area contributed by atoms with Crippen LogP contribution in [0.15, 0.2) is 71.5 Å². The van der Waals surface area contributed by atoms with Crippen LogP contribution in [-0.2, 0) is 6.54 Å². The van der Waals surface area contributed by atoms with Crippen molar-refractivity contribution in [3.63, 3.8) is 0 Å². The number of pyridine rings is 2. The van der Waals surface area contributed by atoms with Crippen LogP contribution >= 0.6 is 15.9 Å². The van der Waals surface area contributed by atoms with Crippen molar-refractivity contribution < 1.29 is 4.79 Å². The molecule has 2 aromatic heterocycles. The first-order chi connectivity index (χ1) is 11.7. The molecular weight excluding hydrogens is 368 g/mol. The molecule has 0 aliphatic carbocycles. The van der Waals surface area contributed by atoms with Crippen LogP contribution in [0.1, 0.15) is 16.2 Å². The average Bonchev–Trinajstić information content (AvgIpc) is 2.63. The van der Waals surface area contributed by atoms with Crippen molar-refractivity contribution in [2.45, 2.75) is 6.54 Å². The van der Waals surface area contributed by atoms with E-state index >= 15 is 0 Å². The second-order valence-corrected chi connectivity index (χ2v) is 5.98. The molecule has 1 amide bonds. The Balaban J connectivity index is 1.59. The molecule has 120 valence electrons. The summed E-state index contributed by atoms with van der Waals surface area (Å²) in [5, 5.41) is 6.03. The maximum atomic E-state index is 12.1. The van der Waals surface area contributed by atoms with Gasteiger partial charge in [0.05, 0.1) is 24.1 Å². The van der Waals surface area contributed by atoms with E-state index in [1.54, 1.807) is 18.5 Å². The molecule has 2 heterocycles. The summed E-state index contributed by atoms with van der Waals surface area (Å²) in [5.74, 6) is -0.226. The molecule has 0 spiro atoms. The van der Waals surface area contributed by atoms with Crippen LogP contribution in [0.3, 0.4) is 0 Å². The lowest BCUT2D eigenvalue weighted by atomic mass is 10.2. The number of carbonyl (C=O) groups is 1. The second kappa shape index (κ2) is 7.70. The Morgan fingerprint density at radius 1 is 0.958 bits per heavy atom. The Hall–Kier alpha value is -2.73. The van der Waals surface area contributed by atoms with Crippen molar-refractivity contribution >= 4 is 33.2 Å². The maximum absolute atomic E-state index is 12.1. The minimum Gasteiger partial charge on any atom is -0.354 e. The number of rotatable bonds is 5. The van der Waals surface area contributed by atoms with E-state index in [2.05, 4.69) is 36.5 Å². The molecule has 6 heteroatoms. The fourth-order valence-corrected chi connectivity index (χ4v) is 2.33. The van der Waals surface area contributed by atoms with E-state index in [0.717, 1.165) is 21.5 Å². The summed E-state index contributed by atoms with van der Waals surface area (Å²) in [6.07, 6.45) is 3.33. The molecule has 2 N–H and O–H groups in total. The van der Waals surface area contributed by atoms with E-state index in [4.69, 9.17) is 0 Å². The SMILES string of the molecule is O=C(NCc1ccccn1)c1ccc(Nc2ccc(Br)cc2)cn1. The van der Waals surface area contributed by atoms with Gasteiger partial charge in [-0.25, -0.2) is 4.98 Å². The average molecular weight is 383 g/mol. The fraction of sp³-hybridized carbons (Fsp3) is 0.0556. The lowest BCUT2D eigenvalue weighted by molar-refractivity contribution is 0.0945. The molecule has 0 unspecified atom stereocenters. The van der Waals surface area contributed by atoms with E-state index in [1.807, 2.05) is 48.5 Å². The molecule has 0 bridgehead atoms. The first kappa shape index (κ1) is 16.1. The molecule has 0 saturated heterocycles. The van der Waals surface area contributed by atoms with Crippen LogP contribution in [0.25, 0.3) is 0 Å². The number of aromatic nitrogens is 2. The van der Waals surface area contributed by atoms with Gasteiger partial charge < -0.3 is 10.6 Å². The molecule has 0 saturated carbocycles. The highest BCUT2D eigenvalue weighted by Gasteiger charge is 2.07. The zero-order chi connectivity index (χ0) is 16.8. The van der Waals surface area contributed by atoms with E-state index in [0.29, 0.717) is 12.2 Å². The Morgan fingerprint density at radius 2 is 1.75 bits per heavy atom. The van der Waals surface area contributed by atoms with Gasteiger partial charge in [0.2, 0.25) is 0 Å². The third-order valence-corrected chi connectivity index (χ3v) is 3.81. The number of carbonyl (C=O) groups excluding carboxylic acids is 1. The van der Waals surface area contributed by atoms with Crippen molar-refractivity contribution in [2.75, 3.05) is 5.32 Å². The molecule has 0 fully saturated rings. The van der Waals surface area contributed by atoms with Gasteiger partial charge in [0.25, 0.3) is 5.91 Å². The highest BCUT2D eigenvalue weighted by molar-refractivity contribution is 9.10. The van der Waals surface area contributed by atoms with Gasteiger partial charge in [0.1, 0.15) is 5.69 Å². The lowest BCUT2D eigenvalue weighted by Crippen LogP contribution is -2.24. The standard InChI is InChI=1S/C18H15BrN4O/c19-13-4-6-14(7-5-13)23-16-8-9-17(21-12-16)18(24)22-11-15-3-1-2-10-20-15/h1-10,12,23H,11H2,(H,22,24). The van der Waals surface area contributed by atoms with Crippen molar-refractivity contribution in [3.8, 4) is 0 Å². The van der Waals surface area contributed by atoms with Gasteiger partial charge in [-0.2, -0.15) is 0 Å². The zero-order valence-corrected chi connectivity index (χ0v) is 14.3. The van der Waals surface area contributed by atoms with Crippen molar-refractivity contribution in [1.29, 1.82) is 0 Å². The largest absolute Gasteiger partial charge is 0.354 e. The summed E-state index contributed by atoms with van der Waals surface area (Å²) in [5.41, 5.74) is 2.94. The molecule has 0 radical (unpaired) electrons. The summed E-state index contributed by atoms with van der Waals surface area (Å²) in [6.45, 7) is 0.375. The normalized spacial score (nSPS) is 10.2. The first-order valence-electron chi connectivity index (χ1n) is 7.37. The predicted molar refractivity (Wildman–Crippen MR) is 97.1 cm³/mol. The third-order valence-electron chi connectivity index (χ3n) is 3.29. The number of hydrogen-bond donors (Lipinski definition) is 2. The molecule has 5 nitrogen and oxygen atoms in total. The minimum atomic E-state index is -0.226. The molecule has 1 aromatic carbocycles. The Morgan fingerprint density at radius 3 is 2.42 bits per heavy atom. The first-order valence-corrected chi connectivity index (χ1v) is 8.17. The quantitative estimate of drug-likeness (QED) is 0.701. The molecule has 0 aliphatic rings. The van der Waals surface area contributed by atoms with E-state index in [1.165, 1.54) is 0 Å². The van der Waals surface area contributed by atoms with Crippen LogP contribution in [0.2, 0.25) is 0 Å². The van der Waals surface area contributed by atoms with Gasteiger partial charge in [-0.15, -0.1) is 0 Å². The fourth-order valence-electron chi connectivity index (χ4n) is 2.07. The van der Waals surface area contributed by atoms with E-state index < -0.39 is 0 Å². The molecule has 0 aliphatic heterocycles. The third kappa shape index (κ3) is 4.39. The Bertz CT molecular complexity index is 805. The van der Waals surface area contributed by atoms with Gasteiger partial charge in [0, 0.05) is 16.4 Å². The van der Waals surface area contributed by atoms with Gasteiger partial charge in [-0.1, -0.05) is 22.0 Å². The topological polar surface area (TPSA) is 66.9 Å². The van der Waals surface area contributed by atoms with Crippen LogP contribution in [0.4, 0.5) is 11.4 Å². The van der Waals surface area contributed by atoms with Gasteiger partial charge in [-0.05, 0) is 48.5 Å². The van der Waals surface area contributed by atoms with Crippen molar-refractivity contribution in [2.24, 2.45) is 0 Å². The van der Waals surface area contributed by atoms with Crippen LogP contribution in [0.5, 0.6) is 0 Å². The number of amides is 1. The molecular formula is C18H15BrN4O. The Kier molecular flexibility index (Phi) is 5.18. The van der Waals surface area contributed by atoms with Crippen molar-refractivity contribution in [1.82, 2.24) is 15.3 Å². The Labute approximate surface area is 148 Å².